The van der Waals surface area contributed by atoms with E-state index in [1.807, 2.05) is 0 Å². The number of morpholine rings is 1. The fraction of sp³-hybridized carbons (Fsp3) is 0.385. The van der Waals surface area contributed by atoms with Gasteiger partial charge in [-0.1, -0.05) is 18.2 Å². The van der Waals surface area contributed by atoms with Crippen LogP contribution in [0.2, 0.25) is 0 Å². The Morgan fingerprint density at radius 1 is 1.05 bits per heavy atom. The van der Waals surface area contributed by atoms with Crippen molar-refractivity contribution in [2.75, 3.05) is 53.5 Å². The largest absolute Gasteiger partial charge is 0.507 e. The predicted molar refractivity (Wildman–Crippen MR) is 135 cm³/mol. The highest BCUT2D eigenvalue weighted by molar-refractivity contribution is 7.89. The molecule has 0 aliphatic carbocycles. The van der Waals surface area contributed by atoms with Gasteiger partial charge in [0.2, 0.25) is 10.0 Å². The molecule has 9 nitrogen and oxygen atoms in total. The lowest BCUT2D eigenvalue weighted by Crippen LogP contribution is -2.39. The number of aliphatic hydroxyl groups excluding tert-OH is 1. The monoisotopic (exact) mass is 531 g/mol. The van der Waals surface area contributed by atoms with Crippen molar-refractivity contribution >= 4 is 27.5 Å². The van der Waals surface area contributed by atoms with Gasteiger partial charge in [0.15, 0.2) is 0 Å². The van der Waals surface area contributed by atoms with E-state index in [9.17, 15) is 27.5 Å². The average Bonchev–Trinajstić information content (AvgIpc) is 3.14. The number of carbonyl (C=O) groups excluding carboxylic acids is 2. The lowest BCUT2D eigenvalue weighted by molar-refractivity contribution is -0.140. The number of benzene rings is 2. The fourth-order valence-corrected chi connectivity index (χ4v) is 5.47. The molecule has 11 heteroatoms. The molecule has 0 saturated carbocycles. The maximum absolute atomic E-state index is 14.9. The Kier molecular flexibility index (Phi) is 8.08. The smallest absolute Gasteiger partial charge is 0.295 e. The highest BCUT2D eigenvalue weighted by Gasteiger charge is 2.46. The number of likely N-dealkylation sites (tertiary alicyclic amines) is 1. The summed E-state index contributed by atoms with van der Waals surface area (Å²) < 4.78 is 46.1. The van der Waals surface area contributed by atoms with E-state index in [1.54, 1.807) is 6.07 Å². The van der Waals surface area contributed by atoms with E-state index < -0.39 is 39.3 Å². The first-order chi connectivity index (χ1) is 17.6. The zero-order chi connectivity index (χ0) is 26.7. The van der Waals surface area contributed by atoms with E-state index in [0.29, 0.717) is 26.2 Å². The number of ether oxygens (including phenoxy) is 1. The molecule has 0 spiro atoms. The number of hydrogen-bond acceptors (Lipinski definition) is 7. The Balaban J connectivity index is 1.69. The van der Waals surface area contributed by atoms with Gasteiger partial charge < -0.3 is 14.7 Å². The van der Waals surface area contributed by atoms with Crippen LogP contribution < -0.4 is 0 Å². The van der Waals surface area contributed by atoms with Crippen LogP contribution in [0, 0.1) is 5.82 Å². The predicted octanol–water partition coefficient (Wildman–Crippen LogP) is 2.22. The quantitative estimate of drug-likeness (QED) is 0.316. The SMILES string of the molecule is CN(C)S(=O)(=O)c1ccc(/C(O)=C2\C(=O)C(=O)N(CCCN3CCOCC3)[C@@H]2c2ccccc2F)cc1. The van der Waals surface area contributed by atoms with E-state index >= 15 is 0 Å². The maximum Gasteiger partial charge on any atom is 0.295 e. The van der Waals surface area contributed by atoms with Gasteiger partial charge in [-0.3, -0.25) is 14.5 Å². The standard InChI is InChI=1S/C26H30FN3O6S/c1-28(2)37(34,35)19-10-8-18(9-11-19)24(31)22-23(20-6-3-4-7-21(20)27)30(26(33)25(22)32)13-5-12-29-14-16-36-17-15-29/h3-4,6-11,23,31H,5,12-17H2,1-2H3/b24-22+/t23-/m1/s1. The van der Waals surface area contributed by atoms with Crippen LogP contribution in [0.25, 0.3) is 5.76 Å². The highest BCUT2D eigenvalue weighted by atomic mass is 32.2. The number of amides is 1. The molecule has 37 heavy (non-hydrogen) atoms. The summed E-state index contributed by atoms with van der Waals surface area (Å²) in [6.07, 6.45) is 0.551. The van der Waals surface area contributed by atoms with Gasteiger partial charge >= 0.3 is 0 Å². The highest BCUT2D eigenvalue weighted by Crippen LogP contribution is 2.40. The first-order valence-electron chi connectivity index (χ1n) is 12.0. The molecule has 1 amide bonds. The van der Waals surface area contributed by atoms with Crippen LogP contribution in [0.3, 0.4) is 0 Å². The lowest BCUT2D eigenvalue weighted by atomic mass is 9.95. The van der Waals surface area contributed by atoms with Gasteiger partial charge in [0.05, 0.1) is 29.7 Å². The number of hydrogen-bond donors (Lipinski definition) is 1. The summed E-state index contributed by atoms with van der Waals surface area (Å²) >= 11 is 0. The number of carbonyl (C=O) groups is 2. The average molecular weight is 532 g/mol. The van der Waals surface area contributed by atoms with Crippen LogP contribution in [0.4, 0.5) is 4.39 Å². The number of nitrogens with zero attached hydrogens (tertiary/aromatic N) is 3. The van der Waals surface area contributed by atoms with Crippen LogP contribution in [-0.4, -0.2) is 92.8 Å². The second-order valence-electron chi connectivity index (χ2n) is 9.13. The van der Waals surface area contributed by atoms with Gasteiger partial charge in [-0.2, -0.15) is 0 Å². The van der Waals surface area contributed by atoms with Gasteiger partial charge in [-0.25, -0.2) is 17.1 Å². The third-order valence-corrected chi connectivity index (χ3v) is 8.45. The number of halogens is 1. The zero-order valence-corrected chi connectivity index (χ0v) is 21.6. The van der Waals surface area contributed by atoms with E-state index in [1.165, 1.54) is 61.5 Å². The van der Waals surface area contributed by atoms with Crippen LogP contribution in [-0.2, 0) is 24.3 Å². The molecule has 2 saturated heterocycles. The molecule has 1 atom stereocenters. The van der Waals surface area contributed by atoms with Gasteiger partial charge in [0, 0.05) is 51.4 Å². The summed E-state index contributed by atoms with van der Waals surface area (Å²) in [6.45, 7) is 3.68. The summed E-state index contributed by atoms with van der Waals surface area (Å²) in [4.78, 5) is 29.7. The van der Waals surface area contributed by atoms with Crippen molar-refractivity contribution in [3.05, 3.63) is 71.0 Å². The molecular formula is C26H30FN3O6S. The molecule has 0 radical (unpaired) electrons. The molecule has 0 bridgehead atoms. The summed E-state index contributed by atoms with van der Waals surface area (Å²) in [6, 6.07) is 10.1. The van der Waals surface area contributed by atoms with Gasteiger partial charge in [0.25, 0.3) is 11.7 Å². The van der Waals surface area contributed by atoms with Gasteiger partial charge in [0.1, 0.15) is 11.6 Å². The zero-order valence-electron chi connectivity index (χ0n) is 20.8. The molecule has 2 aromatic rings. The Morgan fingerprint density at radius 3 is 2.32 bits per heavy atom. The molecule has 2 aliphatic rings. The molecule has 198 valence electrons. The second kappa shape index (κ2) is 11.1. The van der Waals surface area contributed by atoms with Crippen molar-refractivity contribution in [2.24, 2.45) is 0 Å². The number of sulfonamides is 1. The number of aliphatic hydroxyl groups is 1. The third kappa shape index (κ3) is 5.45. The van der Waals surface area contributed by atoms with Crippen molar-refractivity contribution in [1.82, 2.24) is 14.1 Å². The van der Waals surface area contributed by atoms with Crippen molar-refractivity contribution in [3.8, 4) is 0 Å². The first kappa shape index (κ1) is 26.9. The molecule has 2 aliphatic heterocycles. The van der Waals surface area contributed by atoms with Gasteiger partial charge in [-0.15, -0.1) is 0 Å². The molecule has 2 aromatic carbocycles. The fourth-order valence-electron chi connectivity index (χ4n) is 4.57. The summed E-state index contributed by atoms with van der Waals surface area (Å²) in [5.74, 6) is -2.83. The minimum atomic E-state index is -3.70. The molecule has 1 N–H and O–H groups in total. The summed E-state index contributed by atoms with van der Waals surface area (Å²) in [7, 11) is -0.899. The Labute approximate surface area is 215 Å². The van der Waals surface area contributed by atoms with Crippen LogP contribution >= 0.6 is 0 Å². The second-order valence-corrected chi connectivity index (χ2v) is 11.3. The lowest BCUT2D eigenvalue weighted by Gasteiger charge is -2.29. The van der Waals surface area contributed by atoms with Crippen LogP contribution in [0.5, 0.6) is 0 Å². The molecule has 2 heterocycles. The van der Waals surface area contributed by atoms with E-state index in [2.05, 4.69) is 4.90 Å². The molecule has 0 unspecified atom stereocenters. The van der Waals surface area contributed by atoms with E-state index in [-0.39, 0.29) is 28.1 Å². The van der Waals surface area contributed by atoms with E-state index in [0.717, 1.165) is 17.4 Å². The third-order valence-electron chi connectivity index (χ3n) is 6.62. The molecule has 0 aromatic heterocycles. The van der Waals surface area contributed by atoms with Gasteiger partial charge in [-0.05, 0) is 36.8 Å². The number of ketones is 1. The number of Topliss-reactive ketones (excluding diaryl/α,β-unsaturated/α-hetero) is 1. The Morgan fingerprint density at radius 2 is 1.70 bits per heavy atom. The van der Waals surface area contributed by atoms with Crippen molar-refractivity contribution < 1.29 is 32.2 Å². The minimum absolute atomic E-state index is 0.00303. The molecule has 4 rings (SSSR count). The van der Waals surface area contributed by atoms with Crippen molar-refractivity contribution in [2.45, 2.75) is 17.4 Å². The minimum Gasteiger partial charge on any atom is -0.507 e. The summed E-state index contributed by atoms with van der Waals surface area (Å²) in [5, 5.41) is 11.2. The topological polar surface area (TPSA) is 107 Å². The maximum atomic E-state index is 14.9. The van der Waals surface area contributed by atoms with E-state index in [4.69, 9.17) is 4.74 Å². The summed E-state index contributed by atoms with van der Waals surface area (Å²) in [5.41, 5.74) is 0.0106. The Hall–Kier alpha value is -3.12. The van der Waals surface area contributed by atoms with Crippen molar-refractivity contribution in [1.29, 1.82) is 0 Å². The molecular weight excluding hydrogens is 501 g/mol. The first-order valence-corrected chi connectivity index (χ1v) is 13.4. The number of rotatable bonds is 8. The molecule has 2 fully saturated rings. The van der Waals surface area contributed by atoms with Crippen LogP contribution in [0.1, 0.15) is 23.6 Å². The Bertz CT molecular complexity index is 1300. The van der Waals surface area contributed by atoms with Crippen molar-refractivity contribution in [3.63, 3.8) is 0 Å². The normalized spacial score (nSPS) is 20.6. The van der Waals surface area contributed by atoms with Crippen LogP contribution in [0.15, 0.2) is 59.0 Å².